The zero-order valence-corrected chi connectivity index (χ0v) is 11.5. The molecule has 1 amide bonds. The molecule has 0 radical (unpaired) electrons. The molecule has 0 saturated carbocycles. The number of hydrogen-bond donors (Lipinski definition) is 1. The maximum atomic E-state index is 12.2. The second-order valence-corrected chi connectivity index (χ2v) is 5.36. The fourth-order valence-electron chi connectivity index (χ4n) is 2.23. The lowest BCUT2D eigenvalue weighted by Crippen LogP contribution is -2.39. The van der Waals surface area contributed by atoms with Crippen LogP contribution in [0.15, 0.2) is 6.20 Å². The number of rotatable bonds is 5. The van der Waals surface area contributed by atoms with Crippen molar-refractivity contribution in [2.75, 3.05) is 18.6 Å². The minimum absolute atomic E-state index is 0.0293. The van der Waals surface area contributed by atoms with Crippen molar-refractivity contribution >= 4 is 23.6 Å². The van der Waals surface area contributed by atoms with E-state index in [1.165, 1.54) is 10.9 Å². The van der Waals surface area contributed by atoms with Gasteiger partial charge in [-0.15, -0.1) is 5.10 Å². The normalized spacial score (nSPS) is 18.8. The molecule has 1 aliphatic rings. The second kappa shape index (κ2) is 6.05. The molecule has 2 heterocycles. The van der Waals surface area contributed by atoms with Crippen LogP contribution < -0.4 is 0 Å². The Balaban J connectivity index is 1.97. The third-order valence-corrected chi connectivity index (χ3v) is 3.83. The molecule has 1 aliphatic heterocycles. The summed E-state index contributed by atoms with van der Waals surface area (Å²) in [7, 11) is 0. The lowest BCUT2D eigenvalue weighted by atomic mass is 10.2. The van der Waals surface area contributed by atoms with Crippen LogP contribution in [-0.4, -0.2) is 61.5 Å². The van der Waals surface area contributed by atoms with E-state index in [0.717, 1.165) is 25.1 Å². The quantitative estimate of drug-likeness (QED) is 0.838. The fourth-order valence-corrected chi connectivity index (χ4v) is 2.96. The summed E-state index contributed by atoms with van der Waals surface area (Å²) in [5, 5.41) is 15.9. The van der Waals surface area contributed by atoms with Gasteiger partial charge >= 0.3 is 5.97 Å². The molecule has 1 atom stereocenters. The van der Waals surface area contributed by atoms with Crippen molar-refractivity contribution in [1.29, 1.82) is 0 Å². The van der Waals surface area contributed by atoms with Gasteiger partial charge < -0.3 is 10.0 Å². The van der Waals surface area contributed by atoms with Gasteiger partial charge in [-0.3, -0.25) is 4.79 Å². The molecule has 7 nitrogen and oxygen atoms in total. The molecule has 8 heteroatoms. The first-order valence-electron chi connectivity index (χ1n) is 6.03. The first-order valence-corrected chi connectivity index (χ1v) is 7.43. The van der Waals surface area contributed by atoms with E-state index >= 15 is 0 Å². The molecular formula is C11H16N4O3S. The van der Waals surface area contributed by atoms with Crippen LogP contribution in [0.2, 0.25) is 0 Å². The third kappa shape index (κ3) is 3.25. The van der Waals surface area contributed by atoms with Crippen molar-refractivity contribution in [3.05, 3.63) is 11.9 Å². The molecule has 0 aliphatic carbocycles. The molecule has 1 aromatic heterocycles. The molecule has 1 saturated heterocycles. The summed E-state index contributed by atoms with van der Waals surface area (Å²) in [6, 6.07) is 0.282. The summed E-state index contributed by atoms with van der Waals surface area (Å²) in [5.41, 5.74) is -0.144. The van der Waals surface area contributed by atoms with Crippen LogP contribution in [-0.2, 0) is 11.3 Å². The van der Waals surface area contributed by atoms with Crippen molar-refractivity contribution in [3.8, 4) is 0 Å². The summed E-state index contributed by atoms with van der Waals surface area (Å²) in [4.78, 5) is 24.7. The predicted molar refractivity (Wildman–Crippen MR) is 70.1 cm³/mol. The van der Waals surface area contributed by atoms with Crippen molar-refractivity contribution in [2.45, 2.75) is 25.4 Å². The number of hydrogen-bond acceptors (Lipinski definition) is 5. The van der Waals surface area contributed by atoms with Crippen LogP contribution >= 0.6 is 11.8 Å². The van der Waals surface area contributed by atoms with Crippen LogP contribution in [0.25, 0.3) is 0 Å². The molecule has 19 heavy (non-hydrogen) atoms. The number of amides is 1. The number of thioether (sulfide) groups is 1. The number of carbonyl (C=O) groups excluding carboxylic acids is 1. The average molecular weight is 284 g/mol. The highest BCUT2D eigenvalue weighted by Gasteiger charge is 2.28. The molecule has 0 aromatic carbocycles. The van der Waals surface area contributed by atoms with E-state index in [2.05, 4.69) is 10.3 Å². The van der Waals surface area contributed by atoms with Crippen molar-refractivity contribution in [3.63, 3.8) is 0 Å². The first kappa shape index (κ1) is 13.9. The third-order valence-electron chi connectivity index (χ3n) is 3.11. The topological polar surface area (TPSA) is 88.3 Å². The minimum Gasteiger partial charge on any atom is -0.476 e. The highest BCUT2D eigenvalue weighted by molar-refractivity contribution is 7.98. The summed E-state index contributed by atoms with van der Waals surface area (Å²) < 4.78 is 1.28. The van der Waals surface area contributed by atoms with Gasteiger partial charge in [0.15, 0.2) is 5.69 Å². The van der Waals surface area contributed by atoms with Gasteiger partial charge in [-0.2, -0.15) is 11.8 Å². The highest BCUT2D eigenvalue weighted by Crippen LogP contribution is 2.20. The Morgan fingerprint density at radius 3 is 3.00 bits per heavy atom. The van der Waals surface area contributed by atoms with Crippen LogP contribution in [0.5, 0.6) is 0 Å². The molecule has 1 unspecified atom stereocenters. The van der Waals surface area contributed by atoms with Gasteiger partial charge in [-0.1, -0.05) is 5.21 Å². The Morgan fingerprint density at radius 2 is 2.37 bits per heavy atom. The fraction of sp³-hybridized carbons (Fsp3) is 0.636. The molecule has 2 rings (SSSR count). The molecule has 104 valence electrons. The van der Waals surface area contributed by atoms with Gasteiger partial charge in [0, 0.05) is 18.3 Å². The van der Waals surface area contributed by atoms with E-state index in [0.29, 0.717) is 0 Å². The van der Waals surface area contributed by atoms with E-state index in [1.54, 1.807) is 11.8 Å². The first-order chi connectivity index (χ1) is 9.11. The number of aromatic nitrogens is 3. The standard InChI is InChI=1S/C11H16N4O3S/c1-19-7-8-3-2-4-15(8)10(16)6-14-5-9(11(17)18)12-13-14/h5,8H,2-4,6-7H2,1H3,(H,17,18). The maximum Gasteiger partial charge on any atom is 0.358 e. The Kier molecular flexibility index (Phi) is 4.41. The maximum absolute atomic E-state index is 12.2. The van der Waals surface area contributed by atoms with Crippen LogP contribution in [0.3, 0.4) is 0 Å². The van der Waals surface area contributed by atoms with E-state index < -0.39 is 5.97 Å². The number of carbonyl (C=O) groups is 2. The zero-order chi connectivity index (χ0) is 13.8. The van der Waals surface area contributed by atoms with Gasteiger partial charge in [-0.25, -0.2) is 9.48 Å². The smallest absolute Gasteiger partial charge is 0.358 e. The SMILES string of the molecule is CSCC1CCCN1C(=O)Cn1cc(C(=O)O)nn1. The summed E-state index contributed by atoms with van der Waals surface area (Å²) in [6.45, 7) is 0.815. The number of carboxylic acids is 1. The summed E-state index contributed by atoms with van der Waals surface area (Å²) in [6.07, 6.45) is 5.36. The number of likely N-dealkylation sites (tertiary alicyclic amines) is 1. The van der Waals surface area contributed by atoms with Gasteiger partial charge in [0.25, 0.3) is 0 Å². The van der Waals surface area contributed by atoms with E-state index in [9.17, 15) is 9.59 Å². The van der Waals surface area contributed by atoms with E-state index in [1.807, 2.05) is 11.2 Å². The Hall–Kier alpha value is -1.57. The molecule has 1 fully saturated rings. The Bertz CT molecular complexity index is 476. The van der Waals surface area contributed by atoms with Gasteiger partial charge in [0.05, 0.1) is 6.20 Å². The van der Waals surface area contributed by atoms with Gasteiger partial charge in [0.2, 0.25) is 5.91 Å². The van der Waals surface area contributed by atoms with Gasteiger partial charge in [0.1, 0.15) is 6.54 Å². The Labute approximate surface area is 115 Å². The van der Waals surface area contributed by atoms with Crippen LogP contribution in [0.4, 0.5) is 0 Å². The lowest BCUT2D eigenvalue weighted by Gasteiger charge is -2.23. The van der Waals surface area contributed by atoms with E-state index in [-0.39, 0.29) is 24.2 Å². The second-order valence-electron chi connectivity index (χ2n) is 4.45. The van der Waals surface area contributed by atoms with Crippen molar-refractivity contribution < 1.29 is 14.7 Å². The summed E-state index contributed by atoms with van der Waals surface area (Å²) in [5.74, 6) is -0.234. The lowest BCUT2D eigenvalue weighted by molar-refractivity contribution is -0.132. The molecule has 1 N–H and O–H groups in total. The average Bonchev–Trinajstić information content (AvgIpc) is 2.98. The van der Waals surface area contributed by atoms with Gasteiger partial charge in [-0.05, 0) is 19.1 Å². The Morgan fingerprint density at radius 1 is 1.58 bits per heavy atom. The molecule has 1 aromatic rings. The number of carboxylic acid groups (broad SMARTS) is 1. The van der Waals surface area contributed by atoms with Crippen LogP contribution in [0, 0.1) is 0 Å². The highest BCUT2D eigenvalue weighted by atomic mass is 32.2. The molecule has 0 spiro atoms. The van der Waals surface area contributed by atoms with Crippen LogP contribution in [0.1, 0.15) is 23.3 Å². The zero-order valence-electron chi connectivity index (χ0n) is 10.7. The van der Waals surface area contributed by atoms with E-state index in [4.69, 9.17) is 5.11 Å². The van der Waals surface area contributed by atoms with Crippen molar-refractivity contribution in [2.24, 2.45) is 0 Å². The molecule has 0 bridgehead atoms. The monoisotopic (exact) mass is 284 g/mol. The number of aromatic carboxylic acids is 1. The minimum atomic E-state index is -1.14. The van der Waals surface area contributed by atoms with Crippen molar-refractivity contribution in [1.82, 2.24) is 19.9 Å². The number of nitrogens with zero attached hydrogens (tertiary/aromatic N) is 4. The molecular weight excluding hydrogens is 268 g/mol. The predicted octanol–water partition coefficient (Wildman–Crippen LogP) is 0.330. The summed E-state index contributed by atoms with van der Waals surface area (Å²) >= 11 is 1.73. The largest absolute Gasteiger partial charge is 0.476 e.